The quantitative estimate of drug-likeness (QED) is 0.614. The molecule has 0 saturated carbocycles. The SMILES string of the molecule is CC(C)N1C(=O)C(=O)N(CC(=O)N[C@H](C)c2ccc3c(c2)OCO3)C1=O. The number of hydrogen-bond donors (Lipinski definition) is 1. The van der Waals surface area contributed by atoms with Gasteiger partial charge in [-0.05, 0) is 38.5 Å². The topological polar surface area (TPSA) is 105 Å². The zero-order valence-electron chi connectivity index (χ0n) is 14.6. The maximum Gasteiger partial charge on any atom is 0.334 e. The Kier molecular flexibility index (Phi) is 4.54. The Labute approximate surface area is 149 Å². The van der Waals surface area contributed by atoms with Crippen LogP contribution in [0.5, 0.6) is 11.5 Å². The van der Waals surface area contributed by atoms with Crippen molar-refractivity contribution in [2.24, 2.45) is 0 Å². The van der Waals surface area contributed by atoms with E-state index in [2.05, 4.69) is 5.32 Å². The molecule has 1 N–H and O–H groups in total. The zero-order valence-corrected chi connectivity index (χ0v) is 14.6. The summed E-state index contributed by atoms with van der Waals surface area (Å²) in [5.41, 5.74) is 0.779. The van der Waals surface area contributed by atoms with Crippen LogP contribution in [0, 0.1) is 0 Å². The Balaban J connectivity index is 1.64. The monoisotopic (exact) mass is 361 g/mol. The molecule has 1 aromatic rings. The molecule has 0 aliphatic carbocycles. The van der Waals surface area contributed by atoms with E-state index in [-0.39, 0.29) is 12.8 Å². The van der Waals surface area contributed by atoms with Crippen molar-refractivity contribution in [1.82, 2.24) is 15.1 Å². The maximum absolute atomic E-state index is 12.2. The van der Waals surface area contributed by atoms with Gasteiger partial charge in [0.2, 0.25) is 12.7 Å². The first-order valence-corrected chi connectivity index (χ1v) is 8.17. The number of ether oxygens (including phenoxy) is 2. The second kappa shape index (κ2) is 6.66. The molecule has 0 bridgehead atoms. The molecule has 9 heteroatoms. The Hall–Kier alpha value is -3.10. The predicted octanol–water partition coefficient (Wildman–Crippen LogP) is 0.792. The second-order valence-corrected chi connectivity index (χ2v) is 6.34. The summed E-state index contributed by atoms with van der Waals surface area (Å²) in [7, 11) is 0. The zero-order chi connectivity index (χ0) is 19.0. The van der Waals surface area contributed by atoms with Gasteiger partial charge in [0.05, 0.1) is 6.04 Å². The third kappa shape index (κ3) is 3.07. The van der Waals surface area contributed by atoms with Crippen LogP contribution in [0.25, 0.3) is 0 Å². The van der Waals surface area contributed by atoms with E-state index in [1.165, 1.54) is 0 Å². The van der Waals surface area contributed by atoms with Crippen LogP contribution in [-0.4, -0.2) is 52.9 Å². The summed E-state index contributed by atoms with van der Waals surface area (Å²) < 4.78 is 10.5. The van der Waals surface area contributed by atoms with Crippen molar-refractivity contribution >= 4 is 23.8 Å². The van der Waals surface area contributed by atoms with Crippen LogP contribution >= 0.6 is 0 Å². The van der Waals surface area contributed by atoms with Gasteiger partial charge in [0, 0.05) is 6.04 Å². The standard InChI is InChI=1S/C17H19N3O6/c1-9(2)20-16(23)15(22)19(17(20)24)7-14(21)18-10(3)11-4-5-12-13(6-11)26-8-25-12/h4-6,9-10H,7-8H2,1-3H3,(H,18,21)/t10-/m1/s1. The number of fused-ring (bicyclic) bond motifs is 1. The number of imide groups is 2. The minimum Gasteiger partial charge on any atom is -0.454 e. The molecule has 1 saturated heterocycles. The predicted molar refractivity (Wildman–Crippen MR) is 88.2 cm³/mol. The molecule has 138 valence electrons. The first-order valence-electron chi connectivity index (χ1n) is 8.17. The van der Waals surface area contributed by atoms with E-state index in [0.717, 1.165) is 10.5 Å². The minimum atomic E-state index is -0.991. The van der Waals surface area contributed by atoms with Gasteiger partial charge in [-0.1, -0.05) is 6.07 Å². The molecule has 3 rings (SSSR count). The van der Waals surface area contributed by atoms with Crippen molar-refractivity contribution in [2.75, 3.05) is 13.3 Å². The summed E-state index contributed by atoms with van der Waals surface area (Å²) >= 11 is 0. The third-order valence-corrected chi connectivity index (χ3v) is 4.18. The Bertz CT molecular complexity index is 791. The fraction of sp³-hybridized carbons (Fsp3) is 0.412. The minimum absolute atomic E-state index is 0.152. The molecule has 5 amide bonds. The molecule has 2 aliphatic heterocycles. The van der Waals surface area contributed by atoms with Gasteiger partial charge < -0.3 is 14.8 Å². The molecule has 1 fully saturated rings. The molecular weight excluding hydrogens is 342 g/mol. The summed E-state index contributed by atoms with van der Waals surface area (Å²) in [4.78, 5) is 49.7. The lowest BCUT2D eigenvalue weighted by Gasteiger charge is -2.19. The second-order valence-electron chi connectivity index (χ2n) is 6.34. The number of amides is 5. The molecule has 0 unspecified atom stereocenters. The molecule has 0 aromatic heterocycles. The number of rotatable bonds is 5. The highest BCUT2D eigenvalue weighted by molar-refractivity contribution is 6.45. The average molecular weight is 361 g/mol. The van der Waals surface area contributed by atoms with Crippen LogP contribution in [0.4, 0.5) is 4.79 Å². The van der Waals surface area contributed by atoms with Crippen LogP contribution < -0.4 is 14.8 Å². The molecule has 9 nitrogen and oxygen atoms in total. The van der Waals surface area contributed by atoms with Gasteiger partial charge in [-0.25, -0.2) is 9.69 Å². The average Bonchev–Trinajstić information content (AvgIpc) is 3.13. The summed E-state index contributed by atoms with van der Waals surface area (Å²) in [6, 6.07) is 3.66. The van der Waals surface area contributed by atoms with Crippen molar-refractivity contribution in [2.45, 2.75) is 32.9 Å². The summed E-state index contributed by atoms with van der Waals surface area (Å²) in [6.07, 6.45) is 0. The number of carbonyl (C=O) groups excluding carboxylic acids is 4. The van der Waals surface area contributed by atoms with E-state index in [0.29, 0.717) is 16.4 Å². The lowest BCUT2D eigenvalue weighted by Crippen LogP contribution is -2.43. The van der Waals surface area contributed by atoms with Gasteiger partial charge >= 0.3 is 17.8 Å². The fourth-order valence-corrected chi connectivity index (χ4v) is 2.81. The van der Waals surface area contributed by atoms with Crippen molar-refractivity contribution in [3.8, 4) is 11.5 Å². The molecule has 0 radical (unpaired) electrons. The van der Waals surface area contributed by atoms with Crippen LogP contribution in [-0.2, 0) is 14.4 Å². The number of urea groups is 1. The Morgan fingerprint density at radius 2 is 1.81 bits per heavy atom. The van der Waals surface area contributed by atoms with Gasteiger partial charge in [0.25, 0.3) is 0 Å². The normalized spacial score (nSPS) is 17.3. The van der Waals surface area contributed by atoms with Gasteiger partial charge in [0.15, 0.2) is 11.5 Å². The largest absolute Gasteiger partial charge is 0.454 e. The lowest BCUT2D eigenvalue weighted by atomic mass is 10.1. The summed E-state index contributed by atoms with van der Waals surface area (Å²) in [5.74, 6) is -1.23. The van der Waals surface area contributed by atoms with Gasteiger partial charge in [-0.2, -0.15) is 0 Å². The summed E-state index contributed by atoms with van der Waals surface area (Å²) in [6.45, 7) is 4.64. The molecule has 1 aromatic carbocycles. The molecule has 2 aliphatic rings. The van der Waals surface area contributed by atoms with Crippen molar-refractivity contribution in [3.63, 3.8) is 0 Å². The fourth-order valence-electron chi connectivity index (χ4n) is 2.81. The van der Waals surface area contributed by atoms with Crippen LogP contribution in [0.15, 0.2) is 18.2 Å². The highest BCUT2D eigenvalue weighted by Crippen LogP contribution is 2.34. The highest BCUT2D eigenvalue weighted by atomic mass is 16.7. The van der Waals surface area contributed by atoms with Gasteiger partial charge in [0.1, 0.15) is 6.54 Å². The first-order chi connectivity index (χ1) is 12.3. The number of benzene rings is 1. The molecule has 26 heavy (non-hydrogen) atoms. The third-order valence-electron chi connectivity index (χ3n) is 4.18. The van der Waals surface area contributed by atoms with E-state index >= 15 is 0 Å². The van der Waals surface area contributed by atoms with Gasteiger partial charge in [-0.15, -0.1) is 0 Å². The number of carbonyl (C=O) groups is 4. The molecule has 2 heterocycles. The lowest BCUT2D eigenvalue weighted by molar-refractivity contribution is -0.144. The van der Waals surface area contributed by atoms with E-state index in [1.54, 1.807) is 39.0 Å². The van der Waals surface area contributed by atoms with Gasteiger partial charge in [-0.3, -0.25) is 19.3 Å². The highest BCUT2D eigenvalue weighted by Gasteiger charge is 2.46. The van der Waals surface area contributed by atoms with Crippen molar-refractivity contribution in [3.05, 3.63) is 23.8 Å². The van der Waals surface area contributed by atoms with Crippen LogP contribution in [0.2, 0.25) is 0 Å². The summed E-state index contributed by atoms with van der Waals surface area (Å²) in [5, 5.41) is 2.70. The first kappa shape index (κ1) is 17.7. The molecular formula is C17H19N3O6. The number of hydrogen-bond acceptors (Lipinski definition) is 6. The van der Waals surface area contributed by atoms with E-state index < -0.39 is 36.3 Å². The van der Waals surface area contributed by atoms with E-state index in [4.69, 9.17) is 9.47 Å². The van der Waals surface area contributed by atoms with Crippen molar-refractivity contribution in [1.29, 1.82) is 0 Å². The number of nitrogens with zero attached hydrogens (tertiary/aromatic N) is 2. The van der Waals surface area contributed by atoms with Crippen LogP contribution in [0.1, 0.15) is 32.4 Å². The maximum atomic E-state index is 12.2. The molecule has 0 spiro atoms. The number of nitrogens with one attached hydrogen (secondary N) is 1. The smallest absolute Gasteiger partial charge is 0.334 e. The van der Waals surface area contributed by atoms with E-state index in [1.807, 2.05) is 0 Å². The van der Waals surface area contributed by atoms with E-state index in [9.17, 15) is 19.2 Å². The molecule has 1 atom stereocenters. The Morgan fingerprint density at radius 1 is 1.12 bits per heavy atom. The van der Waals surface area contributed by atoms with Crippen molar-refractivity contribution < 1.29 is 28.7 Å². The van der Waals surface area contributed by atoms with Crippen LogP contribution in [0.3, 0.4) is 0 Å². The Morgan fingerprint density at radius 3 is 2.46 bits per heavy atom.